The standard InChI is InChI=1S/C22H26N4O2/c1-14-9-8-12-25(28-22(27)18-10-6-5-7-11-18)21(14)19-13-20-23-16(3)15(2)17(4)26(20)24-19/h5-7,10-11,13-14,21H,8-9,12H2,1-4H3. The van der Waals surface area contributed by atoms with Crippen molar-refractivity contribution in [2.75, 3.05) is 6.54 Å². The number of hydrogen-bond donors (Lipinski definition) is 0. The summed E-state index contributed by atoms with van der Waals surface area (Å²) in [6.07, 6.45) is 2.06. The Morgan fingerprint density at radius 3 is 2.68 bits per heavy atom. The molecule has 6 heteroatoms. The van der Waals surface area contributed by atoms with Crippen molar-refractivity contribution in [3.8, 4) is 0 Å². The molecule has 0 amide bonds. The van der Waals surface area contributed by atoms with E-state index in [-0.39, 0.29) is 12.0 Å². The summed E-state index contributed by atoms with van der Waals surface area (Å²) in [6, 6.07) is 11.1. The van der Waals surface area contributed by atoms with Gasteiger partial charge in [0.2, 0.25) is 0 Å². The third-order valence-electron chi connectivity index (χ3n) is 5.79. The van der Waals surface area contributed by atoms with Crippen molar-refractivity contribution in [3.05, 3.63) is 64.6 Å². The number of aromatic nitrogens is 3. The van der Waals surface area contributed by atoms with Gasteiger partial charge in [0, 0.05) is 24.0 Å². The molecule has 1 aromatic carbocycles. The van der Waals surface area contributed by atoms with Gasteiger partial charge in [-0.3, -0.25) is 0 Å². The monoisotopic (exact) mass is 378 g/mol. The number of hydrogen-bond acceptors (Lipinski definition) is 5. The molecule has 0 aliphatic carbocycles. The molecule has 1 saturated heterocycles. The molecule has 1 aliphatic rings. The maximum absolute atomic E-state index is 12.6. The van der Waals surface area contributed by atoms with Crippen molar-refractivity contribution in [3.63, 3.8) is 0 Å². The third-order valence-corrected chi connectivity index (χ3v) is 5.79. The van der Waals surface area contributed by atoms with Gasteiger partial charge in [0.15, 0.2) is 5.65 Å². The van der Waals surface area contributed by atoms with Gasteiger partial charge < -0.3 is 4.84 Å². The highest BCUT2D eigenvalue weighted by atomic mass is 16.7. The first-order valence-corrected chi connectivity index (χ1v) is 9.83. The van der Waals surface area contributed by atoms with E-state index < -0.39 is 0 Å². The Bertz CT molecular complexity index is 1010. The maximum atomic E-state index is 12.6. The van der Waals surface area contributed by atoms with Crippen molar-refractivity contribution in [2.24, 2.45) is 5.92 Å². The largest absolute Gasteiger partial charge is 0.363 e. The number of piperidine rings is 1. The van der Waals surface area contributed by atoms with Crippen LogP contribution in [0.2, 0.25) is 0 Å². The molecule has 3 heterocycles. The zero-order valence-electron chi connectivity index (χ0n) is 16.8. The third kappa shape index (κ3) is 3.29. The molecule has 0 radical (unpaired) electrons. The van der Waals surface area contributed by atoms with Gasteiger partial charge in [-0.05, 0) is 57.2 Å². The fourth-order valence-corrected chi connectivity index (χ4v) is 3.96. The topological polar surface area (TPSA) is 59.7 Å². The van der Waals surface area contributed by atoms with Gasteiger partial charge in [-0.1, -0.05) is 25.1 Å². The second-order valence-corrected chi connectivity index (χ2v) is 7.70. The molecule has 146 valence electrons. The fraction of sp³-hybridized carbons (Fsp3) is 0.409. The van der Waals surface area contributed by atoms with E-state index in [2.05, 4.69) is 25.8 Å². The van der Waals surface area contributed by atoms with Crippen LogP contribution in [0.4, 0.5) is 0 Å². The van der Waals surface area contributed by atoms with Gasteiger partial charge in [0.1, 0.15) is 0 Å². The van der Waals surface area contributed by atoms with Crippen LogP contribution in [-0.4, -0.2) is 32.2 Å². The molecule has 28 heavy (non-hydrogen) atoms. The Morgan fingerprint density at radius 1 is 1.18 bits per heavy atom. The van der Waals surface area contributed by atoms with Crippen LogP contribution in [0.3, 0.4) is 0 Å². The van der Waals surface area contributed by atoms with Crippen molar-refractivity contribution in [1.29, 1.82) is 0 Å². The number of carbonyl (C=O) groups is 1. The molecule has 3 aromatic rings. The van der Waals surface area contributed by atoms with Gasteiger partial charge in [-0.15, -0.1) is 5.06 Å². The van der Waals surface area contributed by atoms with E-state index in [1.807, 2.05) is 35.7 Å². The number of aryl methyl sites for hydroxylation is 2. The van der Waals surface area contributed by atoms with Gasteiger partial charge in [-0.2, -0.15) is 5.10 Å². The smallest absolute Gasteiger partial charge is 0.357 e. The van der Waals surface area contributed by atoms with E-state index in [9.17, 15) is 4.79 Å². The van der Waals surface area contributed by atoms with Gasteiger partial charge in [0.05, 0.1) is 17.3 Å². The van der Waals surface area contributed by atoms with Crippen molar-refractivity contribution >= 4 is 11.6 Å². The van der Waals surface area contributed by atoms with Crippen LogP contribution in [0.1, 0.15) is 58.8 Å². The van der Waals surface area contributed by atoms with Gasteiger partial charge >= 0.3 is 5.97 Å². The summed E-state index contributed by atoms with van der Waals surface area (Å²) in [7, 11) is 0. The van der Waals surface area contributed by atoms with Crippen LogP contribution in [0.25, 0.3) is 5.65 Å². The molecule has 2 aromatic heterocycles. The molecule has 6 nitrogen and oxygen atoms in total. The first-order chi connectivity index (χ1) is 13.5. The van der Waals surface area contributed by atoms with Crippen molar-refractivity contribution in [2.45, 2.75) is 46.6 Å². The van der Waals surface area contributed by atoms with E-state index in [1.54, 1.807) is 17.2 Å². The van der Waals surface area contributed by atoms with Crippen molar-refractivity contribution in [1.82, 2.24) is 19.7 Å². The average molecular weight is 378 g/mol. The first-order valence-electron chi connectivity index (χ1n) is 9.83. The Morgan fingerprint density at radius 2 is 1.93 bits per heavy atom. The van der Waals surface area contributed by atoms with E-state index in [0.717, 1.165) is 41.1 Å². The number of fused-ring (bicyclic) bond motifs is 1. The Labute approximate surface area is 165 Å². The molecule has 0 bridgehead atoms. The summed E-state index contributed by atoms with van der Waals surface area (Å²) in [5.41, 5.74) is 5.53. The lowest BCUT2D eigenvalue weighted by molar-refractivity contribution is -0.166. The predicted octanol–water partition coefficient (Wildman–Crippen LogP) is 4.20. The quantitative estimate of drug-likeness (QED) is 0.684. The lowest BCUT2D eigenvalue weighted by Gasteiger charge is -2.37. The normalized spacial score (nSPS) is 20.4. The highest BCUT2D eigenvalue weighted by molar-refractivity contribution is 5.89. The van der Waals surface area contributed by atoms with E-state index in [4.69, 9.17) is 9.94 Å². The van der Waals surface area contributed by atoms with E-state index in [1.165, 1.54) is 0 Å². The van der Waals surface area contributed by atoms with Crippen molar-refractivity contribution < 1.29 is 9.63 Å². The van der Waals surface area contributed by atoms with Gasteiger partial charge in [0.25, 0.3) is 0 Å². The molecule has 0 saturated carbocycles. The Hall–Kier alpha value is -2.73. The lowest BCUT2D eigenvalue weighted by Crippen LogP contribution is -2.39. The summed E-state index contributed by atoms with van der Waals surface area (Å²) in [5, 5.41) is 6.65. The summed E-state index contributed by atoms with van der Waals surface area (Å²) >= 11 is 0. The molecular formula is C22H26N4O2. The predicted molar refractivity (Wildman–Crippen MR) is 107 cm³/mol. The summed E-state index contributed by atoms with van der Waals surface area (Å²) in [6.45, 7) is 9.03. The van der Waals surface area contributed by atoms with Crippen LogP contribution in [0, 0.1) is 26.7 Å². The minimum Gasteiger partial charge on any atom is -0.363 e. The highest BCUT2D eigenvalue weighted by Gasteiger charge is 2.35. The number of rotatable bonds is 3. The number of carbonyl (C=O) groups excluding carboxylic acids is 1. The molecule has 2 atom stereocenters. The summed E-state index contributed by atoms with van der Waals surface area (Å²) in [4.78, 5) is 23.1. The number of benzene rings is 1. The lowest BCUT2D eigenvalue weighted by atomic mass is 9.90. The second kappa shape index (κ2) is 7.36. The van der Waals surface area contributed by atoms with E-state index >= 15 is 0 Å². The minimum atomic E-state index is -0.329. The number of hydroxylamine groups is 2. The second-order valence-electron chi connectivity index (χ2n) is 7.70. The van der Waals surface area contributed by atoms with E-state index in [0.29, 0.717) is 18.0 Å². The van der Waals surface area contributed by atoms with Gasteiger partial charge in [-0.25, -0.2) is 14.3 Å². The fourth-order valence-electron chi connectivity index (χ4n) is 3.96. The Balaban J connectivity index is 1.68. The molecule has 2 unspecified atom stereocenters. The number of nitrogens with zero attached hydrogens (tertiary/aromatic N) is 4. The summed E-state index contributed by atoms with van der Waals surface area (Å²) < 4.78 is 1.90. The van der Waals surface area contributed by atoms with Crippen LogP contribution in [0.15, 0.2) is 36.4 Å². The Kier molecular flexibility index (Phi) is 4.89. The molecule has 0 spiro atoms. The minimum absolute atomic E-state index is 0.0804. The van der Waals surface area contributed by atoms with Crippen LogP contribution >= 0.6 is 0 Å². The molecule has 4 rings (SSSR count). The summed E-state index contributed by atoms with van der Waals surface area (Å²) in [5.74, 6) is -0.00538. The van der Waals surface area contributed by atoms with Crippen LogP contribution < -0.4 is 0 Å². The maximum Gasteiger partial charge on any atom is 0.357 e. The first kappa shape index (κ1) is 18.6. The van der Waals surface area contributed by atoms with Crippen LogP contribution in [-0.2, 0) is 4.84 Å². The SMILES string of the molecule is Cc1nc2cc(C3C(C)CCCN3OC(=O)c3ccccc3)nn2c(C)c1C. The molecule has 1 aliphatic heterocycles. The zero-order valence-corrected chi connectivity index (χ0v) is 16.8. The van der Waals surface area contributed by atoms with Crippen LogP contribution in [0.5, 0.6) is 0 Å². The molecule has 1 fully saturated rings. The zero-order chi connectivity index (χ0) is 19.8. The highest BCUT2D eigenvalue weighted by Crippen LogP contribution is 2.36. The molecule has 0 N–H and O–H groups in total. The molecular weight excluding hydrogens is 352 g/mol. The average Bonchev–Trinajstić information content (AvgIpc) is 3.10.